The molecule has 5 nitrogen and oxygen atoms in total. The van der Waals surface area contributed by atoms with Crippen LogP contribution in [0.25, 0.3) is 10.2 Å². The van der Waals surface area contributed by atoms with E-state index in [0.29, 0.717) is 17.4 Å². The van der Waals surface area contributed by atoms with Crippen LogP contribution in [0, 0.1) is 12.8 Å². The van der Waals surface area contributed by atoms with Crippen molar-refractivity contribution in [2.75, 3.05) is 18.5 Å². The number of unbranched alkanes of at least 4 members (excludes halogenated alkanes) is 1. The second-order valence-electron chi connectivity index (χ2n) is 5.73. The summed E-state index contributed by atoms with van der Waals surface area (Å²) in [6.07, 6.45) is 3.74. The Hall–Kier alpha value is -1.69. The first-order valence-electron chi connectivity index (χ1n) is 7.69. The van der Waals surface area contributed by atoms with Crippen LogP contribution in [0.2, 0.25) is 0 Å². The monoisotopic (exact) mass is 321 g/mol. The number of nitrogens with zero attached hydrogens (tertiary/aromatic N) is 2. The summed E-state index contributed by atoms with van der Waals surface area (Å²) in [5, 5.41) is 4.27. The van der Waals surface area contributed by atoms with Crippen molar-refractivity contribution in [3.8, 4) is 0 Å². The molecule has 2 heterocycles. The Balaban J connectivity index is 2.28. The van der Waals surface area contributed by atoms with Crippen LogP contribution in [0.1, 0.15) is 48.8 Å². The minimum atomic E-state index is -0.270. The van der Waals surface area contributed by atoms with Crippen LogP contribution in [0.3, 0.4) is 0 Å². The highest BCUT2D eigenvalue weighted by Gasteiger charge is 2.20. The number of aromatic nitrogens is 2. The average Bonchev–Trinajstić information content (AvgIpc) is 2.83. The molecule has 0 saturated carbocycles. The van der Waals surface area contributed by atoms with Gasteiger partial charge in [0.1, 0.15) is 21.9 Å². The highest BCUT2D eigenvalue weighted by molar-refractivity contribution is 7.20. The predicted octanol–water partition coefficient (Wildman–Crippen LogP) is 4.02. The van der Waals surface area contributed by atoms with Crippen molar-refractivity contribution in [1.82, 2.24) is 9.97 Å². The zero-order valence-electron chi connectivity index (χ0n) is 13.6. The smallest absolute Gasteiger partial charge is 0.348 e. The second-order valence-corrected chi connectivity index (χ2v) is 6.73. The molecular formula is C16H23N3O2S. The number of nitrogens with one attached hydrogen (secondary N) is 1. The lowest BCUT2D eigenvalue weighted by molar-refractivity contribution is 0.0464. The molecule has 0 atom stereocenters. The zero-order valence-corrected chi connectivity index (χ0v) is 14.4. The Labute approximate surface area is 135 Å². The van der Waals surface area contributed by atoms with Gasteiger partial charge in [-0.15, -0.1) is 11.3 Å². The molecule has 0 aromatic carbocycles. The van der Waals surface area contributed by atoms with Crippen LogP contribution in [-0.2, 0) is 4.74 Å². The molecule has 0 aliphatic rings. The van der Waals surface area contributed by atoms with Crippen LogP contribution in [0.15, 0.2) is 6.33 Å². The summed E-state index contributed by atoms with van der Waals surface area (Å²) in [4.78, 5) is 22.3. The van der Waals surface area contributed by atoms with E-state index in [9.17, 15) is 4.79 Å². The van der Waals surface area contributed by atoms with Crippen LogP contribution in [0.4, 0.5) is 5.82 Å². The highest BCUT2D eigenvalue weighted by atomic mass is 32.1. The number of ether oxygens (including phenoxy) is 1. The Bertz CT molecular complexity index is 652. The van der Waals surface area contributed by atoms with E-state index in [1.54, 1.807) is 0 Å². The van der Waals surface area contributed by atoms with Crippen molar-refractivity contribution in [1.29, 1.82) is 0 Å². The van der Waals surface area contributed by atoms with E-state index in [-0.39, 0.29) is 5.97 Å². The molecule has 22 heavy (non-hydrogen) atoms. The molecule has 1 N–H and O–H groups in total. The van der Waals surface area contributed by atoms with Crippen molar-refractivity contribution < 1.29 is 9.53 Å². The van der Waals surface area contributed by atoms with Crippen molar-refractivity contribution in [3.63, 3.8) is 0 Å². The summed E-state index contributed by atoms with van der Waals surface area (Å²) in [7, 11) is 0. The van der Waals surface area contributed by atoms with Gasteiger partial charge in [0.25, 0.3) is 0 Å². The van der Waals surface area contributed by atoms with Crippen molar-refractivity contribution in [3.05, 3.63) is 16.8 Å². The first-order chi connectivity index (χ1) is 10.5. The summed E-state index contributed by atoms with van der Waals surface area (Å²) >= 11 is 1.37. The van der Waals surface area contributed by atoms with Gasteiger partial charge in [-0.25, -0.2) is 14.8 Å². The maximum Gasteiger partial charge on any atom is 0.348 e. The summed E-state index contributed by atoms with van der Waals surface area (Å²) in [6, 6.07) is 0. The van der Waals surface area contributed by atoms with E-state index in [4.69, 9.17) is 4.74 Å². The molecule has 0 spiro atoms. The maximum absolute atomic E-state index is 12.2. The number of thiophene rings is 1. The van der Waals surface area contributed by atoms with Gasteiger partial charge < -0.3 is 10.1 Å². The molecule has 2 rings (SSSR count). The number of rotatable bonds is 7. The molecule has 0 aliphatic carbocycles. The largest absolute Gasteiger partial charge is 0.461 e. The van der Waals surface area contributed by atoms with E-state index in [2.05, 4.69) is 22.2 Å². The van der Waals surface area contributed by atoms with Crippen molar-refractivity contribution in [2.24, 2.45) is 5.92 Å². The quantitative estimate of drug-likeness (QED) is 0.616. The zero-order chi connectivity index (χ0) is 16.1. The second kappa shape index (κ2) is 7.54. The molecule has 0 amide bonds. The number of aryl methyl sites for hydroxylation is 1. The maximum atomic E-state index is 12.2. The third kappa shape index (κ3) is 3.74. The number of anilines is 1. The number of hydrogen-bond acceptors (Lipinski definition) is 6. The van der Waals surface area contributed by atoms with Crippen LogP contribution in [-0.4, -0.2) is 29.1 Å². The number of hydrogen-bond donors (Lipinski definition) is 1. The lowest BCUT2D eigenvalue weighted by Gasteiger charge is -2.07. The fraction of sp³-hybridized carbons (Fsp3) is 0.562. The van der Waals surface area contributed by atoms with Crippen molar-refractivity contribution >= 4 is 33.3 Å². The molecule has 120 valence electrons. The van der Waals surface area contributed by atoms with E-state index < -0.39 is 0 Å². The number of esters is 1. The van der Waals surface area contributed by atoms with Gasteiger partial charge in [-0.1, -0.05) is 27.2 Å². The Kier molecular flexibility index (Phi) is 5.71. The van der Waals surface area contributed by atoms with Gasteiger partial charge in [-0.05, 0) is 24.8 Å². The molecule has 0 saturated heterocycles. The summed E-state index contributed by atoms with van der Waals surface area (Å²) in [5.41, 5.74) is 0.897. The van der Waals surface area contributed by atoms with Crippen molar-refractivity contribution in [2.45, 2.75) is 40.5 Å². The third-order valence-electron chi connectivity index (χ3n) is 3.28. The third-order valence-corrected chi connectivity index (χ3v) is 4.46. The lowest BCUT2D eigenvalue weighted by atomic mass is 10.2. The molecule has 0 bridgehead atoms. The highest BCUT2D eigenvalue weighted by Crippen LogP contribution is 2.33. The normalized spacial score (nSPS) is 11.1. The molecule has 0 unspecified atom stereocenters. The van der Waals surface area contributed by atoms with Crippen LogP contribution in [0.5, 0.6) is 0 Å². The molecular weight excluding hydrogens is 298 g/mol. The Morgan fingerprint density at radius 2 is 2.18 bits per heavy atom. The van der Waals surface area contributed by atoms with E-state index in [1.165, 1.54) is 17.7 Å². The van der Waals surface area contributed by atoms with Gasteiger partial charge in [0, 0.05) is 6.54 Å². The average molecular weight is 321 g/mol. The van der Waals surface area contributed by atoms with Crippen LogP contribution >= 0.6 is 11.3 Å². The summed E-state index contributed by atoms with van der Waals surface area (Å²) in [6.45, 7) is 9.42. The molecule has 6 heteroatoms. The van der Waals surface area contributed by atoms with Gasteiger partial charge in [-0.3, -0.25) is 0 Å². The lowest BCUT2D eigenvalue weighted by Crippen LogP contribution is -2.09. The molecule has 0 radical (unpaired) electrons. The first-order valence-corrected chi connectivity index (χ1v) is 8.51. The number of carbonyl (C=O) groups excluding carboxylic acids is 1. The first kappa shape index (κ1) is 16.7. The van der Waals surface area contributed by atoms with Gasteiger partial charge in [-0.2, -0.15) is 0 Å². The van der Waals surface area contributed by atoms with Gasteiger partial charge in [0.15, 0.2) is 0 Å². The van der Waals surface area contributed by atoms with E-state index in [0.717, 1.165) is 41.0 Å². The van der Waals surface area contributed by atoms with Crippen LogP contribution < -0.4 is 5.32 Å². The summed E-state index contributed by atoms with van der Waals surface area (Å²) in [5.74, 6) is 0.855. The Morgan fingerprint density at radius 3 is 2.86 bits per heavy atom. The van der Waals surface area contributed by atoms with Gasteiger partial charge >= 0.3 is 5.97 Å². The minimum absolute atomic E-state index is 0.270. The topological polar surface area (TPSA) is 64.1 Å². The Morgan fingerprint density at radius 1 is 1.41 bits per heavy atom. The molecule has 0 fully saturated rings. The minimum Gasteiger partial charge on any atom is -0.461 e. The standard InChI is InChI=1S/C16H23N3O2S/c1-5-6-7-17-14-12-11(4)13(16(20)21-8-10(2)3)22-15(12)19-9-18-14/h9-10H,5-8H2,1-4H3,(H,17,18,19). The van der Waals surface area contributed by atoms with E-state index in [1.807, 2.05) is 20.8 Å². The number of carbonyl (C=O) groups is 1. The molecule has 0 aliphatic heterocycles. The van der Waals surface area contributed by atoms with Gasteiger partial charge in [0.2, 0.25) is 0 Å². The molecule has 2 aromatic heterocycles. The van der Waals surface area contributed by atoms with E-state index >= 15 is 0 Å². The number of fused-ring (bicyclic) bond motifs is 1. The summed E-state index contributed by atoms with van der Waals surface area (Å²) < 4.78 is 5.34. The SMILES string of the molecule is CCCCNc1ncnc2sc(C(=O)OCC(C)C)c(C)c12. The fourth-order valence-corrected chi connectivity index (χ4v) is 3.13. The van der Waals surface area contributed by atoms with Gasteiger partial charge in [0.05, 0.1) is 12.0 Å². The predicted molar refractivity (Wildman–Crippen MR) is 90.7 cm³/mol. The molecule has 2 aromatic rings. The fourth-order valence-electron chi connectivity index (χ4n) is 2.09.